The Balaban J connectivity index is 2.42. The van der Waals surface area contributed by atoms with Crippen LogP contribution in [0.4, 0.5) is 0 Å². The highest BCUT2D eigenvalue weighted by Crippen LogP contribution is 2.22. The van der Waals surface area contributed by atoms with E-state index in [1.54, 1.807) is 11.8 Å². The molecule has 2 aromatic rings. The van der Waals surface area contributed by atoms with Crippen molar-refractivity contribution in [3.63, 3.8) is 0 Å². The van der Waals surface area contributed by atoms with Crippen LogP contribution in [0.2, 0.25) is 0 Å². The highest BCUT2D eigenvalue weighted by molar-refractivity contribution is 7.98. The summed E-state index contributed by atoms with van der Waals surface area (Å²) in [6.07, 6.45) is 3.90. The first-order valence-electron chi connectivity index (χ1n) is 4.45. The third-order valence-corrected chi connectivity index (χ3v) is 2.76. The van der Waals surface area contributed by atoms with E-state index in [2.05, 4.69) is 35.5 Å². The number of nitrogens with zero attached hydrogens (tertiary/aromatic N) is 1. The maximum absolute atomic E-state index is 4.32. The van der Waals surface area contributed by atoms with Crippen molar-refractivity contribution in [3.8, 4) is 11.3 Å². The molecule has 1 nitrogen and oxygen atoms in total. The number of hydrogen-bond acceptors (Lipinski definition) is 2. The van der Waals surface area contributed by atoms with Crippen LogP contribution >= 0.6 is 11.8 Å². The molecule has 0 atom stereocenters. The van der Waals surface area contributed by atoms with E-state index in [4.69, 9.17) is 0 Å². The molecule has 1 aromatic carbocycles. The molecule has 0 spiro atoms. The van der Waals surface area contributed by atoms with Crippen LogP contribution in [-0.2, 0) is 0 Å². The fourth-order valence-corrected chi connectivity index (χ4v) is 1.78. The van der Waals surface area contributed by atoms with E-state index in [9.17, 15) is 0 Å². The first-order chi connectivity index (χ1) is 6.90. The van der Waals surface area contributed by atoms with E-state index in [1.165, 1.54) is 10.5 Å². The third kappa shape index (κ3) is 1.96. The van der Waals surface area contributed by atoms with E-state index >= 15 is 0 Å². The molecule has 0 amide bonds. The van der Waals surface area contributed by atoms with Gasteiger partial charge in [0.15, 0.2) is 0 Å². The standard InChI is InChI=1S/C12H11NS/c1-14-11-6-4-5-10(9-11)12-7-2-3-8-13-12/h2-9H,1H3. The molecule has 14 heavy (non-hydrogen) atoms. The van der Waals surface area contributed by atoms with Crippen molar-refractivity contribution in [1.82, 2.24) is 4.98 Å². The Labute approximate surface area is 88.2 Å². The summed E-state index contributed by atoms with van der Waals surface area (Å²) >= 11 is 1.75. The molecule has 1 heterocycles. The smallest absolute Gasteiger partial charge is 0.0702 e. The van der Waals surface area contributed by atoms with Gasteiger partial charge in [0.2, 0.25) is 0 Å². The van der Waals surface area contributed by atoms with Crippen LogP contribution in [0.5, 0.6) is 0 Å². The summed E-state index contributed by atoms with van der Waals surface area (Å²) in [4.78, 5) is 5.59. The van der Waals surface area contributed by atoms with E-state index in [0.717, 1.165) is 5.69 Å². The molecule has 0 aliphatic carbocycles. The molecule has 0 unspecified atom stereocenters. The van der Waals surface area contributed by atoms with E-state index in [0.29, 0.717) is 0 Å². The second kappa shape index (κ2) is 4.29. The van der Waals surface area contributed by atoms with Crippen LogP contribution in [0.25, 0.3) is 11.3 Å². The lowest BCUT2D eigenvalue weighted by Crippen LogP contribution is -1.81. The van der Waals surface area contributed by atoms with Crippen molar-refractivity contribution in [3.05, 3.63) is 48.7 Å². The van der Waals surface area contributed by atoms with Crippen molar-refractivity contribution in [2.24, 2.45) is 0 Å². The Hall–Kier alpha value is -1.28. The van der Waals surface area contributed by atoms with Crippen molar-refractivity contribution in [1.29, 1.82) is 0 Å². The molecule has 1 aromatic heterocycles. The fourth-order valence-electron chi connectivity index (χ4n) is 1.32. The largest absolute Gasteiger partial charge is 0.256 e. The maximum atomic E-state index is 4.32. The van der Waals surface area contributed by atoms with E-state index in [-0.39, 0.29) is 0 Å². The zero-order chi connectivity index (χ0) is 9.80. The van der Waals surface area contributed by atoms with Gasteiger partial charge in [-0.2, -0.15) is 0 Å². The number of rotatable bonds is 2. The van der Waals surface area contributed by atoms with Gasteiger partial charge < -0.3 is 0 Å². The molecule has 0 bridgehead atoms. The summed E-state index contributed by atoms with van der Waals surface area (Å²) in [6.45, 7) is 0. The normalized spacial score (nSPS) is 10.1. The van der Waals surface area contributed by atoms with Gasteiger partial charge in [-0.15, -0.1) is 11.8 Å². The second-order valence-corrected chi connectivity index (χ2v) is 3.83. The summed E-state index contributed by atoms with van der Waals surface area (Å²) in [5.41, 5.74) is 2.21. The van der Waals surface area contributed by atoms with Crippen LogP contribution in [-0.4, -0.2) is 11.2 Å². The van der Waals surface area contributed by atoms with Crippen LogP contribution in [0.15, 0.2) is 53.6 Å². The highest BCUT2D eigenvalue weighted by Gasteiger charge is 1.98. The predicted molar refractivity (Wildman–Crippen MR) is 61.5 cm³/mol. The van der Waals surface area contributed by atoms with Crippen LogP contribution in [0.3, 0.4) is 0 Å². The zero-order valence-electron chi connectivity index (χ0n) is 7.97. The third-order valence-electron chi connectivity index (χ3n) is 2.03. The molecule has 0 aliphatic rings. The van der Waals surface area contributed by atoms with Gasteiger partial charge in [0.25, 0.3) is 0 Å². The lowest BCUT2D eigenvalue weighted by molar-refractivity contribution is 1.31. The van der Waals surface area contributed by atoms with Crippen molar-refractivity contribution in [2.75, 3.05) is 6.26 Å². The number of hydrogen-bond donors (Lipinski definition) is 0. The lowest BCUT2D eigenvalue weighted by Gasteiger charge is -2.01. The monoisotopic (exact) mass is 201 g/mol. The van der Waals surface area contributed by atoms with Gasteiger partial charge in [-0.1, -0.05) is 18.2 Å². The maximum Gasteiger partial charge on any atom is 0.0702 e. The molecular formula is C12H11NS. The Kier molecular flexibility index (Phi) is 2.84. The number of thioether (sulfide) groups is 1. The van der Waals surface area contributed by atoms with Gasteiger partial charge in [0.1, 0.15) is 0 Å². The van der Waals surface area contributed by atoms with Gasteiger partial charge in [-0.25, -0.2) is 0 Å². The van der Waals surface area contributed by atoms with Gasteiger partial charge in [0.05, 0.1) is 5.69 Å². The summed E-state index contributed by atoms with van der Waals surface area (Å²) in [5.74, 6) is 0. The molecule has 0 saturated heterocycles. The average Bonchev–Trinajstić information content (AvgIpc) is 2.30. The number of aromatic nitrogens is 1. The Morgan fingerprint density at radius 1 is 1.07 bits per heavy atom. The number of pyridine rings is 1. The van der Waals surface area contributed by atoms with Crippen LogP contribution in [0.1, 0.15) is 0 Å². The minimum absolute atomic E-state index is 1.03. The minimum atomic E-state index is 1.03. The summed E-state index contributed by atoms with van der Waals surface area (Å²) in [6, 6.07) is 14.4. The van der Waals surface area contributed by atoms with Gasteiger partial charge in [0, 0.05) is 16.7 Å². The molecule has 0 fully saturated rings. The van der Waals surface area contributed by atoms with Crippen molar-refractivity contribution >= 4 is 11.8 Å². The number of benzene rings is 1. The molecule has 70 valence electrons. The average molecular weight is 201 g/mol. The Bertz CT molecular complexity index is 412. The summed E-state index contributed by atoms with van der Waals surface area (Å²) < 4.78 is 0. The van der Waals surface area contributed by atoms with Crippen molar-refractivity contribution in [2.45, 2.75) is 4.90 Å². The molecular weight excluding hydrogens is 190 g/mol. The summed E-state index contributed by atoms with van der Waals surface area (Å²) in [7, 11) is 0. The van der Waals surface area contributed by atoms with Crippen LogP contribution < -0.4 is 0 Å². The van der Waals surface area contributed by atoms with Gasteiger partial charge >= 0.3 is 0 Å². The first-order valence-corrected chi connectivity index (χ1v) is 5.68. The molecule has 0 N–H and O–H groups in total. The van der Waals surface area contributed by atoms with Crippen LogP contribution in [0, 0.1) is 0 Å². The summed E-state index contributed by atoms with van der Waals surface area (Å²) in [5, 5.41) is 0. The topological polar surface area (TPSA) is 12.9 Å². The Morgan fingerprint density at radius 2 is 2.00 bits per heavy atom. The molecule has 2 rings (SSSR count). The highest BCUT2D eigenvalue weighted by atomic mass is 32.2. The van der Waals surface area contributed by atoms with Crippen molar-refractivity contribution < 1.29 is 0 Å². The van der Waals surface area contributed by atoms with E-state index < -0.39 is 0 Å². The molecule has 0 aliphatic heterocycles. The second-order valence-electron chi connectivity index (χ2n) is 2.95. The van der Waals surface area contributed by atoms with Gasteiger partial charge in [-0.3, -0.25) is 4.98 Å². The quantitative estimate of drug-likeness (QED) is 0.690. The molecule has 0 saturated carbocycles. The SMILES string of the molecule is CSc1cccc(-c2ccccn2)c1. The lowest BCUT2D eigenvalue weighted by atomic mass is 10.1. The first kappa shape index (κ1) is 9.28. The predicted octanol–water partition coefficient (Wildman–Crippen LogP) is 3.47. The van der Waals surface area contributed by atoms with Gasteiger partial charge in [-0.05, 0) is 30.5 Å². The molecule has 2 heteroatoms. The Morgan fingerprint density at radius 3 is 2.71 bits per heavy atom. The molecule has 0 radical (unpaired) electrons. The zero-order valence-corrected chi connectivity index (χ0v) is 8.79. The fraction of sp³-hybridized carbons (Fsp3) is 0.0833. The minimum Gasteiger partial charge on any atom is -0.256 e. The van der Waals surface area contributed by atoms with E-state index in [1.807, 2.05) is 24.4 Å².